The molecule has 2 N–H and O–H groups in total. The molecular formula is C20H26N4O4. The van der Waals surface area contributed by atoms with Crippen LogP contribution in [0.5, 0.6) is 5.75 Å². The Kier molecular flexibility index (Phi) is 5.31. The summed E-state index contributed by atoms with van der Waals surface area (Å²) in [6.07, 6.45) is 0.0585. The first kappa shape index (κ1) is 19.7. The van der Waals surface area contributed by atoms with E-state index in [1.807, 2.05) is 39.8 Å². The zero-order valence-corrected chi connectivity index (χ0v) is 16.8. The van der Waals surface area contributed by atoms with Gasteiger partial charge >= 0.3 is 6.09 Å². The smallest absolute Gasteiger partial charge is 0.408 e. The summed E-state index contributed by atoms with van der Waals surface area (Å²) in [5, 5.41) is 9.78. The van der Waals surface area contributed by atoms with Gasteiger partial charge in [0.15, 0.2) is 5.69 Å². The molecule has 1 aliphatic rings. The summed E-state index contributed by atoms with van der Waals surface area (Å²) < 4.78 is 10.7. The van der Waals surface area contributed by atoms with Crippen molar-refractivity contribution in [2.24, 2.45) is 0 Å². The number of hydrogen-bond donors (Lipinski definition) is 2. The van der Waals surface area contributed by atoms with Crippen LogP contribution >= 0.6 is 0 Å². The van der Waals surface area contributed by atoms with Gasteiger partial charge in [-0.2, -0.15) is 5.10 Å². The largest absolute Gasteiger partial charge is 0.497 e. The summed E-state index contributed by atoms with van der Waals surface area (Å²) in [5.41, 5.74) is 2.11. The molecule has 8 heteroatoms. The average molecular weight is 386 g/mol. The van der Waals surface area contributed by atoms with E-state index in [-0.39, 0.29) is 11.9 Å². The fraction of sp³-hybridized carbons (Fsp3) is 0.450. The van der Waals surface area contributed by atoms with Crippen LogP contribution in [0.2, 0.25) is 0 Å². The molecule has 3 rings (SSSR count). The van der Waals surface area contributed by atoms with Gasteiger partial charge in [-0.1, -0.05) is 0 Å². The van der Waals surface area contributed by atoms with Gasteiger partial charge in [0.05, 0.1) is 13.2 Å². The maximum absolute atomic E-state index is 12.9. The molecule has 28 heavy (non-hydrogen) atoms. The number of H-pyrrole nitrogens is 1. The van der Waals surface area contributed by atoms with Crippen LogP contribution < -0.4 is 15.0 Å². The van der Waals surface area contributed by atoms with Crippen LogP contribution in [0.3, 0.4) is 0 Å². The van der Waals surface area contributed by atoms with E-state index in [0.717, 1.165) is 16.9 Å². The van der Waals surface area contributed by atoms with Gasteiger partial charge < -0.3 is 19.7 Å². The Bertz CT molecular complexity index is 885. The van der Waals surface area contributed by atoms with E-state index >= 15 is 0 Å². The number of ether oxygens (including phenoxy) is 2. The van der Waals surface area contributed by atoms with Crippen LogP contribution in [-0.4, -0.2) is 41.5 Å². The molecular weight excluding hydrogens is 360 g/mol. The van der Waals surface area contributed by atoms with Crippen LogP contribution in [0.4, 0.5) is 10.5 Å². The summed E-state index contributed by atoms with van der Waals surface area (Å²) in [4.78, 5) is 26.9. The number of methoxy groups -OCH3 is 1. The van der Waals surface area contributed by atoms with Crippen LogP contribution in [0.25, 0.3) is 0 Å². The number of nitrogens with zero attached hydrogens (tertiary/aromatic N) is 2. The number of fused-ring (bicyclic) bond motifs is 1. The first-order valence-electron chi connectivity index (χ1n) is 9.19. The molecule has 1 unspecified atom stereocenters. The molecule has 0 radical (unpaired) electrons. The first-order valence-corrected chi connectivity index (χ1v) is 9.19. The van der Waals surface area contributed by atoms with Gasteiger partial charge in [-0.15, -0.1) is 0 Å². The van der Waals surface area contributed by atoms with E-state index in [4.69, 9.17) is 9.47 Å². The molecule has 0 bridgehead atoms. The number of nitrogens with one attached hydrogen (secondary N) is 2. The Morgan fingerprint density at radius 2 is 2.04 bits per heavy atom. The molecule has 1 aromatic carbocycles. The third-order valence-corrected chi connectivity index (χ3v) is 4.40. The van der Waals surface area contributed by atoms with Crippen LogP contribution in [0, 0.1) is 6.92 Å². The number of carbonyl (C=O) groups is 2. The minimum Gasteiger partial charge on any atom is -0.497 e. The lowest BCUT2D eigenvalue weighted by molar-refractivity contribution is 0.0500. The number of aryl methyl sites for hydroxylation is 1. The van der Waals surface area contributed by atoms with Crippen molar-refractivity contribution in [1.82, 2.24) is 15.5 Å². The predicted octanol–water partition coefficient (Wildman–Crippen LogP) is 3.34. The fourth-order valence-corrected chi connectivity index (χ4v) is 3.20. The molecule has 1 aromatic heterocycles. The minimum absolute atomic E-state index is 0.188. The minimum atomic E-state index is -0.588. The van der Waals surface area contributed by atoms with Crippen LogP contribution in [0.15, 0.2) is 24.3 Å². The molecule has 2 heterocycles. The topological polar surface area (TPSA) is 96.5 Å². The molecule has 1 aliphatic heterocycles. The fourth-order valence-electron chi connectivity index (χ4n) is 3.20. The van der Waals surface area contributed by atoms with Gasteiger partial charge in [0, 0.05) is 23.5 Å². The monoisotopic (exact) mass is 386 g/mol. The maximum atomic E-state index is 12.9. The van der Waals surface area contributed by atoms with Gasteiger partial charge in [-0.3, -0.25) is 9.89 Å². The Morgan fingerprint density at radius 1 is 1.29 bits per heavy atom. The number of aromatic amines is 1. The summed E-state index contributed by atoms with van der Waals surface area (Å²) in [6.45, 7) is 7.74. The van der Waals surface area contributed by atoms with Crippen molar-refractivity contribution in [2.75, 3.05) is 18.6 Å². The lowest BCUT2D eigenvalue weighted by Crippen LogP contribution is -2.42. The Morgan fingerprint density at radius 3 is 2.64 bits per heavy atom. The summed E-state index contributed by atoms with van der Waals surface area (Å²) >= 11 is 0. The van der Waals surface area contributed by atoms with Gasteiger partial charge in [0.1, 0.15) is 11.4 Å². The third kappa shape index (κ3) is 4.27. The predicted molar refractivity (Wildman–Crippen MR) is 105 cm³/mol. The SMILES string of the molecule is COc1ccc2c(c1)C(NC(=O)OC(C)(C)C)CCN2C(=O)c1cc(C)[nH]n1. The molecule has 1 atom stereocenters. The number of hydrogen-bond acceptors (Lipinski definition) is 5. The van der Waals surface area contributed by atoms with Crippen molar-refractivity contribution in [1.29, 1.82) is 0 Å². The molecule has 2 amide bonds. The lowest BCUT2D eigenvalue weighted by Gasteiger charge is -2.35. The highest BCUT2D eigenvalue weighted by molar-refractivity contribution is 6.05. The highest BCUT2D eigenvalue weighted by Crippen LogP contribution is 2.37. The number of benzene rings is 1. The van der Waals surface area contributed by atoms with E-state index in [2.05, 4.69) is 15.5 Å². The highest BCUT2D eigenvalue weighted by Gasteiger charge is 2.32. The zero-order chi connectivity index (χ0) is 20.5. The van der Waals surface area contributed by atoms with Gasteiger partial charge in [-0.05, 0) is 58.4 Å². The van der Waals surface area contributed by atoms with Crippen LogP contribution in [-0.2, 0) is 4.74 Å². The van der Waals surface area contributed by atoms with Crippen LogP contribution in [0.1, 0.15) is 55.0 Å². The second-order valence-corrected chi connectivity index (χ2v) is 7.81. The van der Waals surface area contributed by atoms with Crippen molar-refractivity contribution in [3.8, 4) is 5.75 Å². The Labute approximate surface area is 164 Å². The number of amides is 2. The summed E-state index contributed by atoms with van der Waals surface area (Å²) in [5.74, 6) is 0.464. The van der Waals surface area contributed by atoms with Crippen molar-refractivity contribution < 1.29 is 19.1 Å². The van der Waals surface area contributed by atoms with E-state index in [1.165, 1.54) is 0 Å². The first-order chi connectivity index (χ1) is 13.2. The van der Waals surface area contributed by atoms with E-state index in [0.29, 0.717) is 24.4 Å². The molecule has 0 saturated carbocycles. The van der Waals surface area contributed by atoms with Gasteiger partial charge in [0.25, 0.3) is 5.91 Å². The number of rotatable bonds is 3. The second kappa shape index (κ2) is 7.53. The third-order valence-electron chi connectivity index (χ3n) is 4.40. The molecule has 0 fully saturated rings. The van der Waals surface area contributed by atoms with E-state index < -0.39 is 11.7 Å². The average Bonchev–Trinajstić information content (AvgIpc) is 3.06. The Balaban J connectivity index is 1.90. The Hall–Kier alpha value is -3.03. The molecule has 150 valence electrons. The van der Waals surface area contributed by atoms with E-state index in [1.54, 1.807) is 24.1 Å². The lowest BCUT2D eigenvalue weighted by atomic mass is 9.95. The van der Waals surface area contributed by atoms with Crippen molar-refractivity contribution >= 4 is 17.7 Å². The van der Waals surface area contributed by atoms with Gasteiger partial charge in [0.2, 0.25) is 0 Å². The molecule has 2 aromatic rings. The van der Waals surface area contributed by atoms with Gasteiger partial charge in [-0.25, -0.2) is 4.79 Å². The normalized spacial score (nSPS) is 16.3. The van der Waals surface area contributed by atoms with E-state index in [9.17, 15) is 9.59 Å². The van der Waals surface area contributed by atoms with Crippen molar-refractivity contribution in [3.05, 3.63) is 41.2 Å². The number of carbonyl (C=O) groups excluding carboxylic acids is 2. The number of anilines is 1. The highest BCUT2D eigenvalue weighted by atomic mass is 16.6. The summed E-state index contributed by atoms with van der Waals surface area (Å²) in [7, 11) is 1.58. The molecule has 8 nitrogen and oxygen atoms in total. The van der Waals surface area contributed by atoms with Crippen molar-refractivity contribution in [2.45, 2.75) is 45.8 Å². The molecule has 0 aliphatic carbocycles. The standard InChI is InChI=1S/C20H26N4O4/c1-12-10-16(23-22-12)18(25)24-9-8-15(21-19(26)28-20(2,3)4)14-11-13(27-5)6-7-17(14)24/h6-7,10-11,15H,8-9H2,1-5H3,(H,21,26)(H,22,23). The quantitative estimate of drug-likeness (QED) is 0.843. The second-order valence-electron chi connectivity index (χ2n) is 7.81. The zero-order valence-electron chi connectivity index (χ0n) is 16.8. The molecule has 0 spiro atoms. The molecule has 0 saturated heterocycles. The van der Waals surface area contributed by atoms with Crippen molar-refractivity contribution in [3.63, 3.8) is 0 Å². The number of aromatic nitrogens is 2. The maximum Gasteiger partial charge on any atom is 0.408 e. The summed E-state index contributed by atoms with van der Waals surface area (Å²) in [6, 6.07) is 6.90. The number of alkyl carbamates (subject to hydrolysis) is 1.